The van der Waals surface area contributed by atoms with E-state index in [-0.39, 0.29) is 18.4 Å². The van der Waals surface area contributed by atoms with E-state index < -0.39 is 0 Å². The molecule has 0 heterocycles. The molecular weight excluding hydrogens is 382 g/mol. The van der Waals surface area contributed by atoms with Crippen molar-refractivity contribution in [1.29, 1.82) is 0 Å². The summed E-state index contributed by atoms with van der Waals surface area (Å²) < 4.78 is 0.969. The van der Waals surface area contributed by atoms with Crippen LogP contribution in [-0.4, -0.2) is 37.4 Å². The third-order valence-electron chi connectivity index (χ3n) is 3.66. The number of carbonyl (C=O) groups is 2. The first-order chi connectivity index (χ1) is 11.9. The minimum absolute atomic E-state index is 0.108. The van der Waals surface area contributed by atoms with Gasteiger partial charge in [-0.05, 0) is 48.4 Å². The van der Waals surface area contributed by atoms with Crippen LogP contribution in [0.1, 0.15) is 12.0 Å². The fourth-order valence-corrected chi connectivity index (χ4v) is 2.45. The Labute approximate surface area is 156 Å². The van der Waals surface area contributed by atoms with E-state index in [1.54, 1.807) is 19.0 Å². The molecule has 0 aromatic heterocycles. The average Bonchev–Trinajstić information content (AvgIpc) is 2.60. The first-order valence-corrected chi connectivity index (χ1v) is 8.82. The molecule has 2 aromatic rings. The highest BCUT2D eigenvalue weighted by atomic mass is 79.9. The number of hydrogen-bond acceptors (Lipinski definition) is 3. The fraction of sp³-hybridized carbons (Fsp3) is 0.263. The number of amides is 2. The Morgan fingerprint density at radius 2 is 1.56 bits per heavy atom. The van der Waals surface area contributed by atoms with Crippen molar-refractivity contribution in [2.45, 2.75) is 12.8 Å². The van der Waals surface area contributed by atoms with Gasteiger partial charge in [-0.1, -0.05) is 28.1 Å². The summed E-state index contributed by atoms with van der Waals surface area (Å²) in [6.07, 6.45) is 1.21. The Kier molecular flexibility index (Phi) is 7.01. The number of benzene rings is 2. The summed E-state index contributed by atoms with van der Waals surface area (Å²) >= 11 is 3.36. The van der Waals surface area contributed by atoms with Gasteiger partial charge >= 0.3 is 0 Å². The van der Waals surface area contributed by atoms with Gasteiger partial charge < -0.3 is 15.5 Å². The summed E-state index contributed by atoms with van der Waals surface area (Å²) in [6.45, 7) is 0.189. The fourth-order valence-electron chi connectivity index (χ4n) is 2.18. The molecule has 0 atom stereocenters. The Morgan fingerprint density at radius 3 is 2.16 bits per heavy atom. The first kappa shape index (κ1) is 19.0. The maximum absolute atomic E-state index is 12.0. The van der Waals surface area contributed by atoms with E-state index in [2.05, 4.69) is 26.6 Å². The van der Waals surface area contributed by atoms with Crippen LogP contribution in [0.2, 0.25) is 0 Å². The van der Waals surface area contributed by atoms with Gasteiger partial charge in [0.05, 0.1) is 6.54 Å². The number of nitrogens with zero attached hydrogens (tertiary/aromatic N) is 1. The Morgan fingerprint density at radius 1 is 0.960 bits per heavy atom. The molecule has 0 radical (unpaired) electrons. The van der Waals surface area contributed by atoms with Gasteiger partial charge in [-0.2, -0.15) is 0 Å². The van der Waals surface area contributed by atoms with E-state index in [1.807, 2.05) is 48.5 Å². The normalized spacial score (nSPS) is 10.2. The molecule has 2 rings (SSSR count). The second-order valence-corrected chi connectivity index (χ2v) is 6.81. The van der Waals surface area contributed by atoms with Crippen LogP contribution in [0.15, 0.2) is 53.0 Å². The second-order valence-electron chi connectivity index (χ2n) is 5.89. The second kappa shape index (κ2) is 9.22. The zero-order chi connectivity index (χ0) is 18.2. The Hall–Kier alpha value is -2.34. The van der Waals surface area contributed by atoms with Crippen molar-refractivity contribution in [3.8, 4) is 0 Å². The Bertz CT molecular complexity index is 712. The van der Waals surface area contributed by atoms with E-state index in [0.717, 1.165) is 21.4 Å². The predicted molar refractivity (Wildman–Crippen MR) is 105 cm³/mol. The molecule has 5 nitrogen and oxygen atoms in total. The summed E-state index contributed by atoms with van der Waals surface area (Å²) in [5.74, 6) is 0.00907. The maximum atomic E-state index is 12.0. The molecule has 2 amide bonds. The summed E-state index contributed by atoms with van der Waals surface area (Å²) in [7, 11) is 3.52. The van der Waals surface area contributed by atoms with Crippen LogP contribution in [0.4, 0.5) is 11.4 Å². The van der Waals surface area contributed by atoms with Crippen LogP contribution in [0.25, 0.3) is 0 Å². The molecule has 6 heteroatoms. The number of aryl methyl sites for hydroxylation is 1. The molecular formula is C19H22BrN3O2. The minimum Gasteiger partial charge on any atom is -0.376 e. The zero-order valence-corrected chi connectivity index (χ0v) is 16.0. The molecule has 0 fully saturated rings. The standard InChI is InChI=1S/C19H22BrN3O2/c1-23(2)19(25)12-5-14-3-8-16(9-4-14)21-13-18(24)22-17-10-6-15(20)7-11-17/h3-4,6-11,21H,5,12-13H2,1-2H3,(H,22,24). The number of anilines is 2. The molecule has 25 heavy (non-hydrogen) atoms. The topological polar surface area (TPSA) is 61.4 Å². The van der Waals surface area contributed by atoms with Crippen molar-refractivity contribution in [2.75, 3.05) is 31.3 Å². The van der Waals surface area contributed by atoms with E-state index >= 15 is 0 Å². The number of carbonyl (C=O) groups excluding carboxylic acids is 2. The third-order valence-corrected chi connectivity index (χ3v) is 4.19. The minimum atomic E-state index is -0.108. The molecule has 0 aliphatic carbocycles. The van der Waals surface area contributed by atoms with Gasteiger partial charge in [0.1, 0.15) is 0 Å². The van der Waals surface area contributed by atoms with Gasteiger partial charge in [-0.25, -0.2) is 0 Å². The van der Waals surface area contributed by atoms with Crippen molar-refractivity contribution in [2.24, 2.45) is 0 Å². The van der Waals surface area contributed by atoms with Crippen LogP contribution in [-0.2, 0) is 16.0 Å². The van der Waals surface area contributed by atoms with Crippen molar-refractivity contribution in [1.82, 2.24) is 4.90 Å². The molecule has 0 saturated heterocycles. The van der Waals surface area contributed by atoms with Crippen molar-refractivity contribution in [3.63, 3.8) is 0 Å². The average molecular weight is 404 g/mol. The number of nitrogens with one attached hydrogen (secondary N) is 2. The van der Waals surface area contributed by atoms with E-state index in [4.69, 9.17) is 0 Å². The molecule has 0 aliphatic heterocycles. The molecule has 2 aromatic carbocycles. The monoisotopic (exact) mass is 403 g/mol. The Balaban J connectivity index is 1.78. The number of rotatable bonds is 7. The van der Waals surface area contributed by atoms with Crippen LogP contribution >= 0.6 is 15.9 Å². The van der Waals surface area contributed by atoms with E-state index in [1.165, 1.54) is 0 Å². The van der Waals surface area contributed by atoms with Crippen LogP contribution in [0.5, 0.6) is 0 Å². The van der Waals surface area contributed by atoms with Gasteiger partial charge in [0.15, 0.2) is 0 Å². The molecule has 0 bridgehead atoms. The largest absolute Gasteiger partial charge is 0.376 e. The highest BCUT2D eigenvalue weighted by Gasteiger charge is 2.05. The quantitative estimate of drug-likeness (QED) is 0.743. The molecule has 0 unspecified atom stereocenters. The summed E-state index contributed by atoms with van der Waals surface area (Å²) in [6, 6.07) is 15.2. The lowest BCUT2D eigenvalue weighted by atomic mass is 10.1. The summed E-state index contributed by atoms with van der Waals surface area (Å²) in [5, 5.41) is 5.92. The van der Waals surface area contributed by atoms with Gasteiger partial charge in [0.25, 0.3) is 0 Å². The van der Waals surface area contributed by atoms with Crippen molar-refractivity contribution >= 4 is 39.1 Å². The number of hydrogen-bond donors (Lipinski definition) is 2. The lowest BCUT2D eigenvalue weighted by Gasteiger charge is -2.11. The van der Waals surface area contributed by atoms with Crippen LogP contribution in [0.3, 0.4) is 0 Å². The molecule has 0 saturated carbocycles. The van der Waals surface area contributed by atoms with E-state index in [0.29, 0.717) is 12.8 Å². The lowest BCUT2D eigenvalue weighted by molar-refractivity contribution is -0.128. The molecule has 0 spiro atoms. The SMILES string of the molecule is CN(C)C(=O)CCc1ccc(NCC(=O)Nc2ccc(Br)cc2)cc1. The molecule has 2 N–H and O–H groups in total. The zero-order valence-electron chi connectivity index (χ0n) is 14.4. The summed E-state index contributed by atoms with van der Waals surface area (Å²) in [4.78, 5) is 25.1. The van der Waals surface area contributed by atoms with Crippen LogP contribution < -0.4 is 10.6 Å². The van der Waals surface area contributed by atoms with Gasteiger partial charge in [0.2, 0.25) is 11.8 Å². The van der Waals surface area contributed by atoms with Crippen molar-refractivity contribution < 1.29 is 9.59 Å². The van der Waals surface area contributed by atoms with Gasteiger partial charge in [0, 0.05) is 36.4 Å². The first-order valence-electron chi connectivity index (χ1n) is 8.02. The highest BCUT2D eigenvalue weighted by molar-refractivity contribution is 9.10. The third kappa shape index (κ3) is 6.58. The van der Waals surface area contributed by atoms with E-state index in [9.17, 15) is 9.59 Å². The van der Waals surface area contributed by atoms with Crippen LogP contribution in [0, 0.1) is 0 Å². The molecule has 0 aliphatic rings. The number of halogens is 1. The van der Waals surface area contributed by atoms with Crippen molar-refractivity contribution in [3.05, 3.63) is 58.6 Å². The molecule has 132 valence electrons. The summed E-state index contributed by atoms with van der Waals surface area (Å²) in [5.41, 5.74) is 2.73. The lowest BCUT2D eigenvalue weighted by Crippen LogP contribution is -2.22. The predicted octanol–water partition coefficient (Wildman–Crippen LogP) is 3.52. The van der Waals surface area contributed by atoms with Gasteiger partial charge in [-0.3, -0.25) is 9.59 Å². The highest BCUT2D eigenvalue weighted by Crippen LogP contribution is 2.14. The maximum Gasteiger partial charge on any atom is 0.243 e. The van der Waals surface area contributed by atoms with Gasteiger partial charge in [-0.15, -0.1) is 0 Å². The smallest absolute Gasteiger partial charge is 0.243 e.